The maximum absolute atomic E-state index is 12.5. The number of thioether (sulfide) groups is 1. The van der Waals surface area contributed by atoms with Crippen molar-refractivity contribution in [2.45, 2.75) is 24.9 Å². The first-order chi connectivity index (χ1) is 14.8. The number of amides is 2. The second-order valence-electron chi connectivity index (χ2n) is 6.69. The molecular weight excluding hydrogens is 450 g/mol. The number of halogens is 1. The molecule has 2 amide bonds. The number of nitrogens with zero attached hydrogens (tertiary/aromatic N) is 1. The summed E-state index contributed by atoms with van der Waals surface area (Å²) in [6, 6.07) is 6.26. The fraction of sp³-hybridized carbons (Fsp3) is 0.368. The zero-order valence-corrected chi connectivity index (χ0v) is 18.0. The third-order valence-corrected chi connectivity index (χ3v) is 6.24. The van der Waals surface area contributed by atoms with E-state index in [0.717, 1.165) is 10.5 Å². The van der Waals surface area contributed by atoms with E-state index in [9.17, 15) is 24.3 Å². The summed E-state index contributed by atoms with van der Waals surface area (Å²) in [5, 5.41) is 12.1. The number of carboxylic acid groups (broad SMARTS) is 1. The average Bonchev–Trinajstić information content (AvgIpc) is 2.73. The molecule has 0 radical (unpaired) electrons. The summed E-state index contributed by atoms with van der Waals surface area (Å²) >= 11 is 7.31. The van der Waals surface area contributed by atoms with E-state index in [-0.39, 0.29) is 31.2 Å². The summed E-state index contributed by atoms with van der Waals surface area (Å²) in [6.45, 7) is 0.959. The van der Waals surface area contributed by atoms with Gasteiger partial charge in [0.25, 0.3) is 5.91 Å². The van der Waals surface area contributed by atoms with Crippen LogP contribution in [0.25, 0.3) is 0 Å². The summed E-state index contributed by atoms with van der Waals surface area (Å²) in [5.41, 5.74) is 3.38. The first-order valence-electron chi connectivity index (χ1n) is 9.20. The molecular formula is C19H20ClN3O7S. The summed E-state index contributed by atoms with van der Waals surface area (Å²) in [5.74, 6) is -2.60. The smallest absolute Gasteiger partial charge is 0.352 e. The normalized spacial score (nSPS) is 20.1. The van der Waals surface area contributed by atoms with Crippen LogP contribution in [0.4, 0.5) is 0 Å². The zero-order chi connectivity index (χ0) is 22.5. The quantitative estimate of drug-likeness (QED) is 0.206. The first kappa shape index (κ1) is 23.1. The van der Waals surface area contributed by atoms with Gasteiger partial charge in [0, 0.05) is 23.3 Å². The van der Waals surface area contributed by atoms with Gasteiger partial charge in [-0.2, -0.15) is 5.48 Å². The molecule has 2 heterocycles. The lowest BCUT2D eigenvalue weighted by Crippen LogP contribution is -2.71. The molecule has 2 atom stereocenters. The molecule has 0 unspecified atom stereocenters. The summed E-state index contributed by atoms with van der Waals surface area (Å²) in [6.07, 6.45) is 0. The van der Waals surface area contributed by atoms with E-state index in [1.54, 1.807) is 18.2 Å². The van der Waals surface area contributed by atoms with E-state index in [1.165, 1.54) is 18.7 Å². The lowest BCUT2D eigenvalue weighted by atomic mass is 10.0. The molecule has 3 N–H and O–H groups in total. The van der Waals surface area contributed by atoms with Crippen LogP contribution in [0.15, 0.2) is 35.5 Å². The Balaban J connectivity index is 1.51. The minimum atomic E-state index is -1.29. The van der Waals surface area contributed by atoms with Gasteiger partial charge in [-0.3, -0.25) is 24.1 Å². The number of β-lactam (4-membered cyclic amide) rings is 1. The molecule has 1 aromatic rings. The Morgan fingerprint density at radius 2 is 2.03 bits per heavy atom. The van der Waals surface area contributed by atoms with Crippen molar-refractivity contribution in [1.82, 2.24) is 15.7 Å². The van der Waals surface area contributed by atoms with Gasteiger partial charge in [0.2, 0.25) is 5.91 Å². The van der Waals surface area contributed by atoms with Crippen LogP contribution in [0.3, 0.4) is 0 Å². The predicted molar refractivity (Wildman–Crippen MR) is 111 cm³/mol. The Kier molecular flexibility index (Phi) is 7.55. The number of hydrogen-bond donors (Lipinski definition) is 3. The van der Waals surface area contributed by atoms with Crippen LogP contribution in [0, 0.1) is 0 Å². The number of carbonyl (C=O) groups is 4. The van der Waals surface area contributed by atoms with Gasteiger partial charge in [0.1, 0.15) is 23.7 Å². The number of hydroxylamine groups is 1. The Bertz CT molecular complexity index is 939. The van der Waals surface area contributed by atoms with E-state index in [4.69, 9.17) is 21.2 Å². The van der Waals surface area contributed by atoms with Gasteiger partial charge < -0.3 is 15.2 Å². The number of hydrogen-bond acceptors (Lipinski definition) is 8. The predicted octanol–water partition coefficient (Wildman–Crippen LogP) is 0.663. The fourth-order valence-corrected chi connectivity index (χ4v) is 4.59. The number of carbonyl (C=O) groups excluding carboxylic acids is 3. The van der Waals surface area contributed by atoms with E-state index in [1.807, 2.05) is 6.07 Å². The van der Waals surface area contributed by atoms with Crippen molar-refractivity contribution >= 4 is 47.1 Å². The van der Waals surface area contributed by atoms with Crippen molar-refractivity contribution in [2.24, 2.45) is 0 Å². The molecule has 0 aliphatic carbocycles. The third-order valence-electron chi connectivity index (χ3n) is 4.54. The molecule has 0 bridgehead atoms. The number of rotatable bonds is 9. The number of fused-ring (bicyclic) bond motifs is 1. The molecule has 2 aliphatic heterocycles. The Hall–Kier alpha value is -2.60. The highest BCUT2D eigenvalue weighted by Gasteiger charge is 2.54. The molecule has 10 nitrogen and oxygen atoms in total. The third kappa shape index (κ3) is 5.37. The number of nitrogens with one attached hydrogen (secondary N) is 2. The molecule has 1 fully saturated rings. The molecule has 0 saturated carbocycles. The van der Waals surface area contributed by atoms with Gasteiger partial charge in [-0.15, -0.1) is 11.8 Å². The van der Waals surface area contributed by atoms with Crippen molar-refractivity contribution in [2.75, 3.05) is 18.9 Å². The largest absolute Gasteiger partial charge is 0.477 e. The van der Waals surface area contributed by atoms with E-state index in [2.05, 4.69) is 10.8 Å². The van der Waals surface area contributed by atoms with E-state index >= 15 is 0 Å². The Morgan fingerprint density at radius 1 is 1.29 bits per heavy atom. The summed E-state index contributed by atoms with van der Waals surface area (Å²) in [4.78, 5) is 53.7. The van der Waals surface area contributed by atoms with Crippen LogP contribution in [-0.4, -0.2) is 64.1 Å². The second-order valence-corrected chi connectivity index (χ2v) is 8.21. The van der Waals surface area contributed by atoms with Gasteiger partial charge in [-0.05, 0) is 11.6 Å². The zero-order valence-electron chi connectivity index (χ0n) is 16.4. The lowest BCUT2D eigenvalue weighted by Gasteiger charge is -2.49. The van der Waals surface area contributed by atoms with Gasteiger partial charge in [-0.25, -0.2) is 4.79 Å². The minimum Gasteiger partial charge on any atom is -0.477 e. The molecule has 31 heavy (non-hydrogen) atoms. The molecule has 0 aromatic heterocycles. The highest BCUT2D eigenvalue weighted by atomic mass is 35.5. The number of esters is 1. The van der Waals surface area contributed by atoms with Crippen LogP contribution < -0.4 is 10.8 Å². The van der Waals surface area contributed by atoms with Gasteiger partial charge >= 0.3 is 11.9 Å². The monoisotopic (exact) mass is 469 g/mol. The molecule has 12 heteroatoms. The standard InChI is InChI=1S/C19H20ClN3O7S/c1-10(24)29-7-12-9-31-18-15(17(26)23(18)16(12)19(27)28)22-14(25)6-21-30-8-11-4-2-3-5-13(11)20/h2-5,15,18,21H,6-9H2,1H3,(H,22,25)(H,27,28)/t15-,18-/m1/s1. The van der Waals surface area contributed by atoms with Crippen molar-refractivity contribution in [3.05, 3.63) is 46.1 Å². The van der Waals surface area contributed by atoms with Crippen molar-refractivity contribution < 1.29 is 33.9 Å². The van der Waals surface area contributed by atoms with Gasteiger partial charge in [0.15, 0.2) is 0 Å². The number of benzene rings is 1. The lowest BCUT2D eigenvalue weighted by molar-refractivity contribution is -0.151. The molecule has 0 spiro atoms. The molecule has 3 rings (SSSR count). The van der Waals surface area contributed by atoms with Crippen molar-refractivity contribution in [3.63, 3.8) is 0 Å². The maximum atomic E-state index is 12.5. The van der Waals surface area contributed by atoms with Crippen molar-refractivity contribution in [3.8, 4) is 0 Å². The molecule has 1 saturated heterocycles. The van der Waals surface area contributed by atoms with Crippen molar-refractivity contribution in [1.29, 1.82) is 0 Å². The molecule has 2 aliphatic rings. The van der Waals surface area contributed by atoms with Crippen LogP contribution >= 0.6 is 23.4 Å². The van der Waals surface area contributed by atoms with Gasteiger partial charge in [-0.1, -0.05) is 29.8 Å². The van der Waals surface area contributed by atoms with E-state index in [0.29, 0.717) is 10.6 Å². The SMILES string of the molecule is CC(=O)OCC1=C(C(=O)O)N2C(=O)[C@@H](NC(=O)CNOCc3ccccc3Cl)[C@H]2SC1. The Morgan fingerprint density at radius 3 is 2.71 bits per heavy atom. The van der Waals surface area contributed by atoms with Crippen LogP contribution in [0.1, 0.15) is 12.5 Å². The van der Waals surface area contributed by atoms with Crippen LogP contribution in [-0.2, 0) is 35.4 Å². The summed E-state index contributed by atoms with van der Waals surface area (Å²) in [7, 11) is 0. The number of aliphatic carboxylic acids is 1. The first-order valence-corrected chi connectivity index (χ1v) is 10.6. The Labute approximate surface area is 186 Å². The molecule has 1 aromatic carbocycles. The van der Waals surface area contributed by atoms with E-state index < -0.39 is 35.2 Å². The molecule has 166 valence electrons. The number of ether oxygens (including phenoxy) is 1. The fourth-order valence-electron chi connectivity index (χ4n) is 3.07. The van der Waals surface area contributed by atoms with Crippen LogP contribution in [0.2, 0.25) is 5.02 Å². The highest BCUT2D eigenvalue weighted by Crippen LogP contribution is 2.40. The summed E-state index contributed by atoms with van der Waals surface area (Å²) < 4.78 is 4.88. The maximum Gasteiger partial charge on any atom is 0.352 e. The number of carboxylic acids is 1. The average molecular weight is 470 g/mol. The highest BCUT2D eigenvalue weighted by molar-refractivity contribution is 8.00. The van der Waals surface area contributed by atoms with Crippen LogP contribution in [0.5, 0.6) is 0 Å². The topological polar surface area (TPSA) is 134 Å². The van der Waals surface area contributed by atoms with Gasteiger partial charge in [0.05, 0.1) is 13.2 Å². The minimum absolute atomic E-state index is 0.152. The second kappa shape index (κ2) is 10.1.